The summed E-state index contributed by atoms with van der Waals surface area (Å²) < 4.78 is 28.0. The number of nitrogens with zero attached hydrogens (tertiary/aromatic N) is 1. The molecule has 0 spiro atoms. The van der Waals surface area contributed by atoms with E-state index < -0.39 is 10.0 Å². The van der Waals surface area contributed by atoms with Crippen molar-refractivity contribution in [3.63, 3.8) is 0 Å². The first-order valence-electron chi connectivity index (χ1n) is 9.73. The Morgan fingerprint density at radius 3 is 2.08 bits per heavy atom. The van der Waals surface area contributed by atoms with Gasteiger partial charge in [0.15, 0.2) is 0 Å². The van der Waals surface area contributed by atoms with E-state index in [2.05, 4.69) is 10.0 Å². The van der Waals surface area contributed by atoms with E-state index >= 15 is 0 Å². The van der Waals surface area contributed by atoms with Crippen LogP contribution in [0.1, 0.15) is 57.8 Å². The molecule has 3 rings (SSSR count). The molecule has 0 bridgehead atoms. The Hall–Kier alpha value is -1.60. The van der Waals surface area contributed by atoms with Gasteiger partial charge in [-0.05, 0) is 56.4 Å². The van der Waals surface area contributed by atoms with Gasteiger partial charge >= 0.3 is 6.03 Å². The monoisotopic (exact) mass is 379 g/mol. The molecule has 1 saturated carbocycles. The molecule has 7 heteroatoms. The van der Waals surface area contributed by atoms with Crippen molar-refractivity contribution in [2.24, 2.45) is 0 Å². The number of amides is 2. The van der Waals surface area contributed by atoms with Crippen LogP contribution in [0.15, 0.2) is 29.2 Å². The highest BCUT2D eigenvalue weighted by molar-refractivity contribution is 7.89. The SMILES string of the molecule is O=C(Nc1ccc(S(=O)(=O)NC2CCCCCC2)cc1)N1CCCCC1. The number of nitrogens with one attached hydrogen (secondary N) is 2. The van der Waals surface area contributed by atoms with Gasteiger partial charge in [0.2, 0.25) is 10.0 Å². The lowest BCUT2D eigenvalue weighted by Gasteiger charge is -2.26. The van der Waals surface area contributed by atoms with E-state index in [1.54, 1.807) is 24.3 Å². The summed E-state index contributed by atoms with van der Waals surface area (Å²) in [6, 6.07) is 6.35. The third kappa shape index (κ3) is 5.20. The maximum absolute atomic E-state index is 12.6. The van der Waals surface area contributed by atoms with Gasteiger partial charge in [0.05, 0.1) is 4.90 Å². The highest BCUT2D eigenvalue weighted by Gasteiger charge is 2.21. The van der Waals surface area contributed by atoms with Crippen molar-refractivity contribution < 1.29 is 13.2 Å². The lowest BCUT2D eigenvalue weighted by Crippen LogP contribution is -2.38. The lowest BCUT2D eigenvalue weighted by molar-refractivity contribution is 0.200. The molecular formula is C19H29N3O3S. The van der Waals surface area contributed by atoms with Crippen LogP contribution < -0.4 is 10.0 Å². The van der Waals surface area contributed by atoms with Crippen molar-refractivity contribution in [2.45, 2.75) is 68.7 Å². The Balaban J connectivity index is 1.59. The van der Waals surface area contributed by atoms with Gasteiger partial charge in [0, 0.05) is 24.8 Å². The number of benzene rings is 1. The quantitative estimate of drug-likeness (QED) is 0.783. The summed E-state index contributed by atoms with van der Waals surface area (Å²) >= 11 is 0. The first kappa shape index (κ1) is 19.2. The molecule has 26 heavy (non-hydrogen) atoms. The van der Waals surface area contributed by atoms with Crippen molar-refractivity contribution in [1.29, 1.82) is 0 Å². The lowest BCUT2D eigenvalue weighted by atomic mass is 10.1. The molecule has 2 amide bonds. The van der Waals surface area contributed by atoms with Crippen molar-refractivity contribution in [3.05, 3.63) is 24.3 Å². The molecule has 0 atom stereocenters. The molecule has 1 aliphatic carbocycles. The van der Waals surface area contributed by atoms with E-state index in [0.29, 0.717) is 5.69 Å². The van der Waals surface area contributed by atoms with Crippen molar-refractivity contribution in [3.8, 4) is 0 Å². The van der Waals surface area contributed by atoms with Crippen LogP contribution in [-0.2, 0) is 10.0 Å². The predicted molar refractivity (Wildman–Crippen MR) is 103 cm³/mol. The predicted octanol–water partition coefficient (Wildman–Crippen LogP) is 3.71. The van der Waals surface area contributed by atoms with Crippen LogP contribution in [0, 0.1) is 0 Å². The second-order valence-electron chi connectivity index (χ2n) is 7.31. The number of carbonyl (C=O) groups is 1. The fourth-order valence-corrected chi connectivity index (χ4v) is 5.01. The molecule has 0 unspecified atom stereocenters. The number of urea groups is 1. The Kier molecular flexibility index (Phi) is 6.53. The van der Waals surface area contributed by atoms with E-state index in [-0.39, 0.29) is 17.0 Å². The highest BCUT2D eigenvalue weighted by atomic mass is 32.2. The maximum atomic E-state index is 12.6. The summed E-state index contributed by atoms with van der Waals surface area (Å²) in [5.74, 6) is 0. The van der Waals surface area contributed by atoms with Gasteiger partial charge in [0.1, 0.15) is 0 Å². The minimum absolute atomic E-state index is 0.0287. The molecule has 0 aromatic heterocycles. The summed E-state index contributed by atoms with van der Waals surface area (Å²) in [4.78, 5) is 14.3. The number of hydrogen-bond acceptors (Lipinski definition) is 3. The number of sulfonamides is 1. The van der Waals surface area contributed by atoms with E-state index in [1.165, 1.54) is 19.3 Å². The fraction of sp³-hybridized carbons (Fsp3) is 0.632. The number of piperidine rings is 1. The van der Waals surface area contributed by atoms with E-state index in [1.807, 2.05) is 4.90 Å². The Labute approximate surface area is 156 Å². The van der Waals surface area contributed by atoms with Gasteiger partial charge in [-0.15, -0.1) is 0 Å². The van der Waals surface area contributed by atoms with Crippen molar-refractivity contribution >= 4 is 21.7 Å². The minimum Gasteiger partial charge on any atom is -0.325 e. The van der Waals surface area contributed by atoms with Crippen LogP contribution in [0.2, 0.25) is 0 Å². The number of carbonyl (C=O) groups excluding carboxylic acids is 1. The van der Waals surface area contributed by atoms with Gasteiger partial charge in [0.25, 0.3) is 0 Å². The molecule has 1 saturated heterocycles. The molecule has 0 radical (unpaired) electrons. The first-order valence-corrected chi connectivity index (χ1v) is 11.2. The summed E-state index contributed by atoms with van der Waals surface area (Å²) in [6.07, 6.45) is 9.59. The Morgan fingerprint density at radius 1 is 0.885 bits per heavy atom. The number of rotatable bonds is 4. The standard InChI is InChI=1S/C19H29N3O3S/c23-19(22-14-6-3-7-15-22)20-16-10-12-18(13-11-16)26(24,25)21-17-8-4-1-2-5-9-17/h10-13,17,21H,1-9,14-15H2,(H,20,23). The minimum atomic E-state index is -3.51. The van der Waals surface area contributed by atoms with E-state index in [0.717, 1.165) is 51.6 Å². The number of anilines is 1. The Morgan fingerprint density at radius 2 is 1.46 bits per heavy atom. The zero-order chi connectivity index (χ0) is 18.4. The smallest absolute Gasteiger partial charge is 0.321 e. The first-order chi connectivity index (χ1) is 12.5. The molecule has 2 fully saturated rings. The molecule has 2 N–H and O–H groups in total. The third-order valence-corrected chi connectivity index (χ3v) is 6.77. The van der Waals surface area contributed by atoms with Gasteiger partial charge in [-0.2, -0.15) is 0 Å². The average Bonchev–Trinajstić information content (AvgIpc) is 2.91. The molecule has 1 aromatic carbocycles. The van der Waals surface area contributed by atoms with Crippen molar-refractivity contribution in [1.82, 2.24) is 9.62 Å². The largest absolute Gasteiger partial charge is 0.325 e. The average molecular weight is 380 g/mol. The van der Waals surface area contributed by atoms with Crippen LogP contribution in [0.5, 0.6) is 0 Å². The van der Waals surface area contributed by atoms with Gasteiger partial charge in [-0.3, -0.25) is 0 Å². The normalized spacial score (nSPS) is 19.8. The number of hydrogen-bond donors (Lipinski definition) is 2. The molecule has 144 valence electrons. The van der Waals surface area contributed by atoms with Crippen molar-refractivity contribution in [2.75, 3.05) is 18.4 Å². The fourth-order valence-electron chi connectivity index (χ4n) is 3.70. The van der Waals surface area contributed by atoms with Crippen LogP contribution in [0.25, 0.3) is 0 Å². The zero-order valence-electron chi connectivity index (χ0n) is 15.2. The third-order valence-electron chi connectivity index (χ3n) is 5.24. The van der Waals surface area contributed by atoms with Gasteiger partial charge in [-0.1, -0.05) is 25.7 Å². The molecule has 1 heterocycles. The summed E-state index contributed by atoms with van der Waals surface area (Å²) in [6.45, 7) is 1.56. The second kappa shape index (κ2) is 8.86. The highest BCUT2D eigenvalue weighted by Crippen LogP contribution is 2.21. The van der Waals surface area contributed by atoms with Crippen LogP contribution in [0.3, 0.4) is 0 Å². The summed E-state index contributed by atoms with van der Waals surface area (Å²) in [5.41, 5.74) is 0.619. The van der Waals surface area contributed by atoms with E-state index in [4.69, 9.17) is 0 Å². The van der Waals surface area contributed by atoms with Crippen LogP contribution >= 0.6 is 0 Å². The van der Waals surface area contributed by atoms with Gasteiger partial charge in [-0.25, -0.2) is 17.9 Å². The molecular weight excluding hydrogens is 350 g/mol. The number of likely N-dealkylation sites (tertiary alicyclic amines) is 1. The maximum Gasteiger partial charge on any atom is 0.321 e. The molecule has 2 aliphatic rings. The van der Waals surface area contributed by atoms with Crippen LogP contribution in [0.4, 0.5) is 10.5 Å². The topological polar surface area (TPSA) is 78.5 Å². The molecule has 6 nitrogen and oxygen atoms in total. The summed E-state index contributed by atoms with van der Waals surface area (Å²) in [7, 11) is -3.51. The second-order valence-corrected chi connectivity index (χ2v) is 9.03. The molecule has 1 aliphatic heterocycles. The van der Waals surface area contributed by atoms with Crippen LogP contribution in [-0.4, -0.2) is 38.5 Å². The summed E-state index contributed by atoms with van der Waals surface area (Å²) in [5, 5.41) is 2.85. The van der Waals surface area contributed by atoms with Gasteiger partial charge < -0.3 is 10.2 Å². The Bertz CT molecular complexity index is 689. The van der Waals surface area contributed by atoms with E-state index in [9.17, 15) is 13.2 Å². The molecule has 1 aromatic rings. The zero-order valence-corrected chi connectivity index (χ0v) is 16.1.